The molecule has 1 aromatic rings. The standard InChI is InChI=1S/C10H11N3O2/c1-7-2-3-8(4-11-7)5-13-6-9(14)12-10(13)15/h2-4H,5-6H2,1H3,(H,12,14,15). The second kappa shape index (κ2) is 3.68. The molecule has 0 aliphatic carbocycles. The quantitative estimate of drug-likeness (QED) is 0.713. The predicted octanol–water partition coefficient (Wildman–Crippen LogP) is 0.442. The van der Waals surface area contributed by atoms with Gasteiger partial charge >= 0.3 is 6.03 Å². The fraction of sp³-hybridized carbons (Fsp3) is 0.300. The van der Waals surface area contributed by atoms with Gasteiger partial charge in [0.2, 0.25) is 5.91 Å². The molecule has 0 bridgehead atoms. The van der Waals surface area contributed by atoms with E-state index in [1.807, 2.05) is 19.1 Å². The third-order valence-electron chi connectivity index (χ3n) is 2.21. The molecule has 0 aromatic carbocycles. The maximum absolute atomic E-state index is 11.2. The lowest BCUT2D eigenvalue weighted by molar-refractivity contribution is -0.118. The van der Waals surface area contributed by atoms with E-state index >= 15 is 0 Å². The van der Waals surface area contributed by atoms with Crippen LogP contribution in [0.25, 0.3) is 0 Å². The third kappa shape index (κ3) is 2.12. The Bertz CT molecular complexity index is 400. The topological polar surface area (TPSA) is 62.3 Å². The van der Waals surface area contributed by atoms with Crippen molar-refractivity contribution >= 4 is 11.9 Å². The predicted molar refractivity (Wildman–Crippen MR) is 52.9 cm³/mol. The first kappa shape index (κ1) is 9.64. The Balaban J connectivity index is 2.06. The highest BCUT2D eigenvalue weighted by atomic mass is 16.2. The Morgan fingerprint density at radius 3 is 2.80 bits per heavy atom. The summed E-state index contributed by atoms with van der Waals surface area (Å²) in [5.74, 6) is -0.250. The van der Waals surface area contributed by atoms with Gasteiger partial charge in [0, 0.05) is 18.4 Å². The largest absolute Gasteiger partial charge is 0.324 e. The van der Waals surface area contributed by atoms with E-state index in [9.17, 15) is 9.59 Å². The number of hydrogen-bond acceptors (Lipinski definition) is 3. The van der Waals surface area contributed by atoms with Gasteiger partial charge in [0.1, 0.15) is 6.54 Å². The van der Waals surface area contributed by atoms with E-state index in [1.165, 1.54) is 4.90 Å². The SMILES string of the molecule is Cc1ccc(CN2CC(=O)NC2=O)cn1. The zero-order chi connectivity index (χ0) is 10.8. The summed E-state index contributed by atoms with van der Waals surface area (Å²) in [6.45, 7) is 2.45. The Hall–Kier alpha value is -1.91. The van der Waals surface area contributed by atoms with Crippen LogP contribution in [0.2, 0.25) is 0 Å². The highest BCUT2D eigenvalue weighted by molar-refractivity contribution is 6.01. The molecule has 1 fully saturated rings. The molecule has 0 spiro atoms. The zero-order valence-electron chi connectivity index (χ0n) is 8.36. The summed E-state index contributed by atoms with van der Waals surface area (Å²) in [4.78, 5) is 27.7. The van der Waals surface area contributed by atoms with Crippen LogP contribution in [0.4, 0.5) is 4.79 Å². The Morgan fingerprint density at radius 2 is 2.27 bits per heavy atom. The number of urea groups is 1. The number of pyridine rings is 1. The van der Waals surface area contributed by atoms with Gasteiger partial charge in [-0.3, -0.25) is 15.1 Å². The molecular weight excluding hydrogens is 194 g/mol. The number of aromatic nitrogens is 1. The van der Waals surface area contributed by atoms with Crippen molar-refractivity contribution in [1.82, 2.24) is 15.2 Å². The fourth-order valence-electron chi connectivity index (χ4n) is 1.42. The minimum absolute atomic E-state index is 0.132. The van der Waals surface area contributed by atoms with Gasteiger partial charge in [0.25, 0.3) is 0 Å². The first-order chi connectivity index (χ1) is 7.15. The molecule has 0 unspecified atom stereocenters. The third-order valence-corrected chi connectivity index (χ3v) is 2.21. The van der Waals surface area contributed by atoms with Gasteiger partial charge in [-0.1, -0.05) is 6.07 Å². The van der Waals surface area contributed by atoms with E-state index in [4.69, 9.17) is 0 Å². The second-order valence-electron chi connectivity index (χ2n) is 3.52. The van der Waals surface area contributed by atoms with Crippen molar-refractivity contribution in [1.29, 1.82) is 0 Å². The van der Waals surface area contributed by atoms with Gasteiger partial charge < -0.3 is 4.90 Å². The molecule has 1 aromatic heterocycles. The molecular formula is C10H11N3O2. The van der Waals surface area contributed by atoms with Crippen LogP contribution in [-0.4, -0.2) is 28.4 Å². The molecule has 0 atom stereocenters. The Kier molecular flexibility index (Phi) is 2.37. The average molecular weight is 205 g/mol. The number of carbonyl (C=O) groups is 2. The molecule has 0 saturated carbocycles. The van der Waals surface area contributed by atoms with Gasteiger partial charge in [-0.15, -0.1) is 0 Å². The molecule has 2 rings (SSSR count). The molecule has 1 aliphatic heterocycles. The second-order valence-corrected chi connectivity index (χ2v) is 3.52. The summed E-state index contributed by atoms with van der Waals surface area (Å²) in [6.07, 6.45) is 1.71. The molecule has 15 heavy (non-hydrogen) atoms. The number of amides is 3. The molecule has 3 amide bonds. The number of nitrogens with one attached hydrogen (secondary N) is 1. The minimum atomic E-state index is -0.333. The van der Waals surface area contributed by atoms with Crippen LogP contribution in [0.1, 0.15) is 11.3 Å². The van der Waals surface area contributed by atoms with Crippen molar-refractivity contribution in [2.45, 2.75) is 13.5 Å². The minimum Gasteiger partial charge on any atom is -0.311 e. The monoisotopic (exact) mass is 205 g/mol. The summed E-state index contributed by atoms with van der Waals surface area (Å²) < 4.78 is 0. The lowest BCUT2D eigenvalue weighted by atomic mass is 10.2. The number of aryl methyl sites for hydroxylation is 1. The van der Waals surface area contributed by atoms with E-state index in [-0.39, 0.29) is 18.5 Å². The maximum Gasteiger partial charge on any atom is 0.324 e. The van der Waals surface area contributed by atoms with Crippen molar-refractivity contribution in [2.24, 2.45) is 0 Å². The van der Waals surface area contributed by atoms with Crippen molar-refractivity contribution in [3.63, 3.8) is 0 Å². The Labute approximate surface area is 87.1 Å². The van der Waals surface area contributed by atoms with Crippen LogP contribution in [0.3, 0.4) is 0 Å². The van der Waals surface area contributed by atoms with Crippen molar-refractivity contribution in [3.8, 4) is 0 Å². The molecule has 1 N–H and O–H groups in total. The van der Waals surface area contributed by atoms with Crippen molar-refractivity contribution in [3.05, 3.63) is 29.6 Å². The Morgan fingerprint density at radius 1 is 1.47 bits per heavy atom. The summed E-state index contributed by atoms with van der Waals surface area (Å²) in [7, 11) is 0. The summed E-state index contributed by atoms with van der Waals surface area (Å²) >= 11 is 0. The van der Waals surface area contributed by atoms with Crippen LogP contribution in [0.15, 0.2) is 18.3 Å². The molecule has 5 heteroatoms. The lowest BCUT2D eigenvalue weighted by Gasteiger charge is -2.12. The lowest BCUT2D eigenvalue weighted by Crippen LogP contribution is -2.27. The number of imide groups is 1. The molecule has 1 saturated heterocycles. The van der Waals surface area contributed by atoms with Gasteiger partial charge in [-0.05, 0) is 18.6 Å². The van der Waals surface area contributed by atoms with Crippen LogP contribution < -0.4 is 5.32 Å². The molecule has 2 heterocycles. The molecule has 5 nitrogen and oxygen atoms in total. The normalized spacial score (nSPS) is 15.7. The molecule has 0 radical (unpaired) electrons. The number of rotatable bonds is 2. The van der Waals surface area contributed by atoms with Crippen LogP contribution >= 0.6 is 0 Å². The number of carbonyl (C=O) groups excluding carboxylic acids is 2. The first-order valence-electron chi connectivity index (χ1n) is 4.65. The fourth-order valence-corrected chi connectivity index (χ4v) is 1.42. The van der Waals surface area contributed by atoms with E-state index in [2.05, 4.69) is 10.3 Å². The summed E-state index contributed by atoms with van der Waals surface area (Å²) in [5, 5.41) is 2.23. The van der Waals surface area contributed by atoms with Crippen LogP contribution in [-0.2, 0) is 11.3 Å². The molecule has 1 aliphatic rings. The smallest absolute Gasteiger partial charge is 0.311 e. The number of nitrogens with zero attached hydrogens (tertiary/aromatic N) is 2. The van der Waals surface area contributed by atoms with Crippen LogP contribution in [0.5, 0.6) is 0 Å². The van der Waals surface area contributed by atoms with Gasteiger partial charge in [-0.25, -0.2) is 4.79 Å². The highest BCUT2D eigenvalue weighted by Gasteiger charge is 2.26. The molecule has 78 valence electrons. The summed E-state index contributed by atoms with van der Waals surface area (Å²) in [5.41, 5.74) is 1.85. The summed E-state index contributed by atoms with van der Waals surface area (Å²) in [6, 6.07) is 3.45. The average Bonchev–Trinajstić information content (AvgIpc) is 2.49. The van der Waals surface area contributed by atoms with E-state index in [1.54, 1.807) is 6.20 Å². The van der Waals surface area contributed by atoms with Crippen molar-refractivity contribution < 1.29 is 9.59 Å². The van der Waals surface area contributed by atoms with Gasteiger partial charge in [-0.2, -0.15) is 0 Å². The van der Waals surface area contributed by atoms with E-state index < -0.39 is 0 Å². The van der Waals surface area contributed by atoms with Crippen molar-refractivity contribution in [2.75, 3.05) is 6.54 Å². The van der Waals surface area contributed by atoms with Gasteiger partial charge in [0.05, 0.1) is 0 Å². The zero-order valence-corrected chi connectivity index (χ0v) is 8.36. The van der Waals surface area contributed by atoms with E-state index in [0.717, 1.165) is 11.3 Å². The highest BCUT2D eigenvalue weighted by Crippen LogP contribution is 2.07. The number of hydrogen-bond donors (Lipinski definition) is 1. The van der Waals surface area contributed by atoms with Crippen LogP contribution in [0, 0.1) is 6.92 Å². The van der Waals surface area contributed by atoms with E-state index in [0.29, 0.717) is 6.54 Å². The maximum atomic E-state index is 11.2. The first-order valence-corrected chi connectivity index (χ1v) is 4.65. The van der Waals surface area contributed by atoms with Gasteiger partial charge in [0.15, 0.2) is 0 Å².